The van der Waals surface area contributed by atoms with Crippen LogP contribution in [0.5, 0.6) is 5.75 Å². The first-order chi connectivity index (χ1) is 11.4. The summed E-state index contributed by atoms with van der Waals surface area (Å²) in [5.41, 5.74) is -0.0108. The number of methoxy groups -OCH3 is 2. The van der Waals surface area contributed by atoms with Crippen LogP contribution in [0.4, 0.5) is 4.79 Å². The smallest absolute Gasteiger partial charge is 0.408 e. The van der Waals surface area contributed by atoms with E-state index >= 15 is 0 Å². The first-order valence-electron chi connectivity index (χ1n) is 8.25. The molecule has 22 heavy (non-hydrogen) atoms. The Morgan fingerprint density at radius 1 is 1.27 bits per heavy atom. The first-order valence-corrected chi connectivity index (χ1v) is 6.75. The summed E-state index contributed by atoms with van der Waals surface area (Å²) in [7, 11) is -1.31. The van der Waals surface area contributed by atoms with Crippen molar-refractivity contribution in [1.29, 1.82) is 0 Å². The molecule has 0 aliphatic carbocycles. The third-order valence-corrected chi connectivity index (χ3v) is 2.66. The molecule has 1 aromatic carbocycles. The first kappa shape index (κ1) is 13.4. The average Bonchev–Trinajstić information content (AvgIpc) is 2.44. The molecule has 122 valence electrons. The average molecular weight is 312 g/mol. The van der Waals surface area contributed by atoms with Crippen LogP contribution in [0, 0.1) is 0 Å². The number of alkyl carbamates (subject to hydrolysis) is 1. The maximum Gasteiger partial charge on any atom is 0.408 e. The number of ether oxygens (including phenoxy) is 3. The van der Waals surface area contributed by atoms with Crippen LogP contribution < -0.4 is 10.1 Å². The zero-order valence-electron chi connectivity index (χ0n) is 16.1. The molecular formula is C16H23NO5. The van der Waals surface area contributed by atoms with Crippen LogP contribution >= 0.6 is 0 Å². The minimum absolute atomic E-state index is 0.153. The zero-order valence-corrected chi connectivity index (χ0v) is 13.1. The molecule has 0 aliphatic heterocycles. The van der Waals surface area contributed by atoms with Crippen LogP contribution in [0.3, 0.4) is 0 Å². The zero-order chi connectivity index (χ0) is 19.3. The van der Waals surface area contributed by atoms with Crippen molar-refractivity contribution in [2.45, 2.75) is 38.8 Å². The van der Waals surface area contributed by atoms with Gasteiger partial charge in [0.05, 0.1) is 18.3 Å². The standard InChI is InChI=1S/C16H23NO5/c1-16(2,3)22-15(19)17-13(14(18)21-5)10-11-6-8-12(20-4)9-7-11/h6-9,13H,10H2,1-5H3,(H,17,19)/t13-/m0/s1/i4D3. The van der Waals surface area contributed by atoms with Crippen molar-refractivity contribution < 1.29 is 27.9 Å². The van der Waals surface area contributed by atoms with Gasteiger partial charge in [0, 0.05) is 6.42 Å². The fourth-order valence-electron chi connectivity index (χ4n) is 1.71. The molecule has 0 heterocycles. The van der Waals surface area contributed by atoms with Gasteiger partial charge in [-0.15, -0.1) is 0 Å². The topological polar surface area (TPSA) is 73.9 Å². The van der Waals surface area contributed by atoms with Gasteiger partial charge >= 0.3 is 12.1 Å². The molecule has 0 saturated carbocycles. The predicted octanol–water partition coefficient (Wildman–Crippen LogP) is 2.30. The van der Waals surface area contributed by atoms with Crippen LogP contribution in [0.15, 0.2) is 24.3 Å². The van der Waals surface area contributed by atoms with Gasteiger partial charge in [-0.1, -0.05) is 12.1 Å². The Hall–Kier alpha value is -2.24. The predicted molar refractivity (Wildman–Crippen MR) is 81.9 cm³/mol. The Balaban J connectivity index is 2.78. The molecule has 0 bridgehead atoms. The highest BCUT2D eigenvalue weighted by atomic mass is 16.6. The lowest BCUT2D eigenvalue weighted by molar-refractivity contribution is -0.143. The van der Waals surface area contributed by atoms with Gasteiger partial charge in [-0.3, -0.25) is 0 Å². The van der Waals surface area contributed by atoms with Gasteiger partial charge in [-0.25, -0.2) is 9.59 Å². The second kappa shape index (κ2) is 7.68. The fraction of sp³-hybridized carbons (Fsp3) is 0.500. The second-order valence-electron chi connectivity index (χ2n) is 5.67. The van der Waals surface area contributed by atoms with Gasteiger partial charge in [0.1, 0.15) is 17.4 Å². The summed E-state index contributed by atoms with van der Waals surface area (Å²) in [4.78, 5) is 23.7. The van der Waals surface area contributed by atoms with E-state index < -0.39 is 30.7 Å². The third kappa shape index (κ3) is 6.03. The molecule has 0 saturated heterocycles. The van der Waals surface area contributed by atoms with Gasteiger partial charge in [0.15, 0.2) is 0 Å². The normalized spacial score (nSPS) is 14.8. The van der Waals surface area contributed by atoms with Crippen molar-refractivity contribution in [2.75, 3.05) is 14.1 Å². The fourth-order valence-corrected chi connectivity index (χ4v) is 1.71. The number of esters is 1. The number of hydrogen-bond donors (Lipinski definition) is 1. The van der Waals surface area contributed by atoms with Crippen LogP contribution in [0.25, 0.3) is 0 Å². The van der Waals surface area contributed by atoms with Gasteiger partial charge in [0.2, 0.25) is 0 Å². The molecule has 1 atom stereocenters. The number of nitrogens with one attached hydrogen (secondary N) is 1. The molecule has 1 aromatic rings. The lowest BCUT2D eigenvalue weighted by Crippen LogP contribution is -2.45. The highest BCUT2D eigenvalue weighted by Crippen LogP contribution is 2.14. The summed E-state index contributed by atoms with van der Waals surface area (Å²) in [5, 5.41) is 2.47. The summed E-state index contributed by atoms with van der Waals surface area (Å²) >= 11 is 0. The van der Waals surface area contributed by atoms with E-state index in [2.05, 4.69) is 5.32 Å². The van der Waals surface area contributed by atoms with E-state index in [1.807, 2.05) is 0 Å². The van der Waals surface area contributed by atoms with Crippen molar-refractivity contribution in [3.05, 3.63) is 29.8 Å². The van der Waals surface area contributed by atoms with Crippen molar-refractivity contribution in [1.82, 2.24) is 5.32 Å². The molecule has 1 amide bonds. The lowest BCUT2D eigenvalue weighted by atomic mass is 10.1. The molecule has 6 nitrogen and oxygen atoms in total. The summed E-state index contributed by atoms with van der Waals surface area (Å²) in [6.07, 6.45) is -0.579. The van der Waals surface area contributed by atoms with Crippen molar-refractivity contribution >= 4 is 12.1 Å². The summed E-state index contributed by atoms with van der Waals surface area (Å²) in [6, 6.07) is 5.23. The van der Waals surface area contributed by atoms with Crippen LogP contribution in [-0.4, -0.2) is 37.9 Å². The van der Waals surface area contributed by atoms with Crippen LogP contribution in [0.2, 0.25) is 0 Å². The minimum Gasteiger partial charge on any atom is -0.497 e. The summed E-state index contributed by atoms with van der Waals surface area (Å²) in [5.74, 6) is -0.438. The third-order valence-electron chi connectivity index (χ3n) is 2.66. The molecule has 6 heteroatoms. The SMILES string of the molecule is [2H]C([2H])([2H])Oc1ccc(C[C@H](NC(=O)OC(C)(C)C)C(=O)OC)cc1. The Morgan fingerprint density at radius 2 is 1.91 bits per heavy atom. The molecule has 0 fully saturated rings. The molecule has 1 N–H and O–H groups in total. The van der Waals surface area contributed by atoms with E-state index in [0.717, 1.165) is 0 Å². The number of carbonyl (C=O) groups is 2. The summed E-state index contributed by atoms with van der Waals surface area (Å²) in [6.45, 7) is 5.14. The number of rotatable bonds is 5. The largest absolute Gasteiger partial charge is 0.497 e. The Labute approximate surface area is 135 Å². The Kier molecular flexibility index (Phi) is 4.69. The molecule has 0 radical (unpaired) electrons. The van der Waals surface area contributed by atoms with E-state index in [0.29, 0.717) is 5.56 Å². The van der Waals surface area contributed by atoms with E-state index in [4.69, 9.17) is 18.3 Å². The summed E-state index contributed by atoms with van der Waals surface area (Å²) < 4.78 is 35.8. The molecular weight excluding hydrogens is 286 g/mol. The molecule has 0 aromatic heterocycles. The Bertz CT molecular complexity index is 593. The van der Waals surface area contributed by atoms with E-state index in [1.54, 1.807) is 32.9 Å². The number of amides is 1. The number of benzene rings is 1. The highest BCUT2D eigenvalue weighted by molar-refractivity contribution is 5.81. The van der Waals surface area contributed by atoms with Crippen LogP contribution in [0.1, 0.15) is 30.4 Å². The highest BCUT2D eigenvalue weighted by Gasteiger charge is 2.25. The van der Waals surface area contributed by atoms with E-state index in [1.165, 1.54) is 19.2 Å². The molecule has 0 aliphatic rings. The molecule has 0 spiro atoms. The van der Waals surface area contributed by atoms with Gasteiger partial charge < -0.3 is 19.5 Å². The van der Waals surface area contributed by atoms with Crippen molar-refractivity contribution in [3.8, 4) is 5.75 Å². The lowest BCUT2D eigenvalue weighted by Gasteiger charge is -2.22. The second-order valence-corrected chi connectivity index (χ2v) is 5.67. The minimum atomic E-state index is -2.53. The maximum atomic E-state index is 11.9. The monoisotopic (exact) mass is 312 g/mol. The van der Waals surface area contributed by atoms with E-state index in [9.17, 15) is 9.59 Å². The Morgan fingerprint density at radius 3 is 2.41 bits per heavy atom. The van der Waals surface area contributed by atoms with Crippen molar-refractivity contribution in [3.63, 3.8) is 0 Å². The molecule has 0 unspecified atom stereocenters. The van der Waals surface area contributed by atoms with Gasteiger partial charge in [-0.05, 0) is 38.5 Å². The quantitative estimate of drug-likeness (QED) is 0.845. The maximum absolute atomic E-state index is 11.9. The van der Waals surface area contributed by atoms with Crippen LogP contribution in [-0.2, 0) is 20.7 Å². The molecule has 1 rings (SSSR count). The number of hydrogen-bond acceptors (Lipinski definition) is 5. The van der Waals surface area contributed by atoms with E-state index in [-0.39, 0.29) is 12.2 Å². The van der Waals surface area contributed by atoms with Gasteiger partial charge in [0.25, 0.3) is 0 Å². The van der Waals surface area contributed by atoms with Crippen molar-refractivity contribution in [2.24, 2.45) is 0 Å². The number of carbonyl (C=O) groups excluding carboxylic acids is 2. The van der Waals surface area contributed by atoms with Gasteiger partial charge in [-0.2, -0.15) is 0 Å².